The molecule has 11 heteroatoms. The molecule has 27 heavy (non-hydrogen) atoms. The number of amidine groups is 1. The van der Waals surface area contributed by atoms with Crippen molar-refractivity contribution in [2.75, 3.05) is 17.6 Å². The van der Waals surface area contributed by atoms with Gasteiger partial charge in [0.1, 0.15) is 11.3 Å². The van der Waals surface area contributed by atoms with Crippen LogP contribution in [0.5, 0.6) is 0 Å². The fourth-order valence-corrected chi connectivity index (χ4v) is 4.89. The maximum atomic E-state index is 12.6. The normalized spacial score (nSPS) is 14.9. The van der Waals surface area contributed by atoms with E-state index in [-0.39, 0.29) is 16.6 Å². The van der Waals surface area contributed by atoms with Crippen LogP contribution in [0.3, 0.4) is 0 Å². The molecular formula is C16H19N5O3S3. The first-order valence-corrected chi connectivity index (χ1v) is 11.7. The van der Waals surface area contributed by atoms with E-state index in [1.54, 1.807) is 17.6 Å². The average Bonchev–Trinajstić information content (AvgIpc) is 3.04. The van der Waals surface area contributed by atoms with E-state index in [2.05, 4.69) is 25.2 Å². The maximum Gasteiger partial charge on any atom is 0.262 e. The van der Waals surface area contributed by atoms with Gasteiger partial charge in [-0.2, -0.15) is 0 Å². The highest BCUT2D eigenvalue weighted by atomic mass is 32.2. The molecule has 0 bridgehead atoms. The third-order valence-electron chi connectivity index (χ3n) is 3.72. The van der Waals surface area contributed by atoms with Crippen molar-refractivity contribution in [2.24, 2.45) is 4.99 Å². The minimum atomic E-state index is -3.74. The smallest absolute Gasteiger partial charge is 0.262 e. The van der Waals surface area contributed by atoms with Crippen LogP contribution >= 0.6 is 23.1 Å². The summed E-state index contributed by atoms with van der Waals surface area (Å²) in [6.45, 7) is 0.639. The van der Waals surface area contributed by atoms with Crippen molar-refractivity contribution < 1.29 is 13.2 Å². The number of hydrogen-bond acceptors (Lipinski definition) is 8. The van der Waals surface area contributed by atoms with Gasteiger partial charge in [0, 0.05) is 18.7 Å². The first kappa shape index (κ1) is 19.8. The predicted octanol–water partition coefficient (Wildman–Crippen LogP) is 2.52. The zero-order valence-corrected chi connectivity index (χ0v) is 16.9. The van der Waals surface area contributed by atoms with Crippen molar-refractivity contribution >= 4 is 50.6 Å². The molecule has 0 radical (unpaired) electrons. The molecule has 1 aliphatic heterocycles. The van der Waals surface area contributed by atoms with Crippen molar-refractivity contribution in [3.8, 4) is 0 Å². The molecule has 2 heterocycles. The summed E-state index contributed by atoms with van der Waals surface area (Å²) in [5.74, 6) is 0.419. The molecule has 0 unspecified atom stereocenters. The standard InChI is InChI=1S/C16H19N5O3S3/c22-15(10-25-16-20-18-11-26-16)19-12-5-4-6-13(9-12)27(23,24)21-14-7-2-1-3-8-17-14/h4-6,9,11H,1-3,7-8,10H2,(H,17,21)(H,19,22). The number of aromatic nitrogens is 2. The summed E-state index contributed by atoms with van der Waals surface area (Å²) in [5, 5.41) is 10.3. The molecule has 1 amide bonds. The van der Waals surface area contributed by atoms with Gasteiger partial charge in [0.15, 0.2) is 4.34 Å². The first-order chi connectivity index (χ1) is 13.0. The quantitative estimate of drug-likeness (QED) is 0.688. The summed E-state index contributed by atoms with van der Waals surface area (Å²) in [7, 11) is -3.74. The van der Waals surface area contributed by atoms with E-state index < -0.39 is 10.0 Å². The van der Waals surface area contributed by atoms with E-state index in [0.717, 1.165) is 19.3 Å². The van der Waals surface area contributed by atoms with Gasteiger partial charge in [-0.05, 0) is 31.0 Å². The molecule has 0 atom stereocenters. The summed E-state index contributed by atoms with van der Waals surface area (Å²) in [6, 6.07) is 6.17. The Balaban J connectivity index is 1.63. The molecule has 0 spiro atoms. The Morgan fingerprint density at radius 2 is 2.15 bits per heavy atom. The van der Waals surface area contributed by atoms with Gasteiger partial charge in [-0.15, -0.1) is 10.2 Å². The van der Waals surface area contributed by atoms with Crippen LogP contribution < -0.4 is 10.0 Å². The van der Waals surface area contributed by atoms with Crippen molar-refractivity contribution in [3.05, 3.63) is 29.8 Å². The maximum absolute atomic E-state index is 12.6. The second-order valence-corrected chi connectivity index (χ2v) is 9.55. The zero-order chi connectivity index (χ0) is 19.1. The van der Waals surface area contributed by atoms with Crippen molar-refractivity contribution in [2.45, 2.75) is 34.9 Å². The lowest BCUT2D eigenvalue weighted by atomic mass is 10.2. The number of carbonyl (C=O) groups excluding carboxylic acids is 1. The number of carbonyl (C=O) groups is 1. The topological polar surface area (TPSA) is 113 Å². The van der Waals surface area contributed by atoms with Gasteiger partial charge in [-0.1, -0.05) is 35.6 Å². The summed E-state index contributed by atoms with van der Waals surface area (Å²) in [4.78, 5) is 16.4. The fraction of sp³-hybridized carbons (Fsp3) is 0.375. The number of sulfonamides is 1. The Morgan fingerprint density at radius 1 is 1.26 bits per heavy atom. The van der Waals surface area contributed by atoms with Crippen LogP contribution in [0, 0.1) is 0 Å². The van der Waals surface area contributed by atoms with E-state index in [1.165, 1.54) is 35.2 Å². The predicted molar refractivity (Wildman–Crippen MR) is 107 cm³/mol. The molecule has 2 aromatic rings. The molecule has 2 N–H and O–H groups in total. The van der Waals surface area contributed by atoms with Crippen LogP contribution in [-0.2, 0) is 14.8 Å². The Kier molecular flexibility index (Phi) is 6.80. The SMILES string of the molecule is O=C(CSc1nncs1)Nc1cccc(S(=O)(=O)NC2=NCCCCC2)c1. The summed E-state index contributed by atoms with van der Waals surface area (Å²) >= 11 is 2.63. The molecule has 8 nitrogen and oxygen atoms in total. The summed E-state index contributed by atoms with van der Waals surface area (Å²) in [6.07, 6.45) is 3.56. The second-order valence-electron chi connectivity index (χ2n) is 5.81. The van der Waals surface area contributed by atoms with Crippen molar-refractivity contribution in [3.63, 3.8) is 0 Å². The van der Waals surface area contributed by atoms with Crippen molar-refractivity contribution in [1.82, 2.24) is 14.9 Å². The highest BCUT2D eigenvalue weighted by Crippen LogP contribution is 2.20. The lowest BCUT2D eigenvalue weighted by Crippen LogP contribution is -2.30. The number of benzene rings is 1. The highest BCUT2D eigenvalue weighted by molar-refractivity contribution is 8.01. The molecule has 0 aliphatic carbocycles. The Morgan fingerprint density at radius 3 is 2.96 bits per heavy atom. The van der Waals surface area contributed by atoms with Crippen LogP contribution in [0.15, 0.2) is 44.0 Å². The van der Waals surface area contributed by atoms with E-state index in [0.29, 0.717) is 28.8 Å². The van der Waals surface area contributed by atoms with Gasteiger partial charge in [0.2, 0.25) is 5.91 Å². The number of amides is 1. The van der Waals surface area contributed by atoms with E-state index in [1.807, 2.05) is 0 Å². The van der Waals surface area contributed by atoms with Gasteiger partial charge >= 0.3 is 0 Å². The number of anilines is 1. The van der Waals surface area contributed by atoms with Crippen LogP contribution in [0.4, 0.5) is 5.69 Å². The summed E-state index contributed by atoms with van der Waals surface area (Å²) in [5.41, 5.74) is 2.02. The lowest BCUT2D eigenvalue weighted by molar-refractivity contribution is -0.113. The fourth-order valence-electron chi connectivity index (χ4n) is 2.46. The van der Waals surface area contributed by atoms with Gasteiger partial charge < -0.3 is 5.32 Å². The molecule has 1 aliphatic rings. The first-order valence-electron chi connectivity index (χ1n) is 8.38. The van der Waals surface area contributed by atoms with Gasteiger partial charge in [0.05, 0.1) is 10.6 Å². The monoisotopic (exact) mass is 425 g/mol. The number of aliphatic imine (C=N–C) groups is 1. The molecule has 0 saturated heterocycles. The van der Waals surface area contributed by atoms with E-state index >= 15 is 0 Å². The molecule has 0 fully saturated rings. The lowest BCUT2D eigenvalue weighted by Gasteiger charge is -2.11. The van der Waals surface area contributed by atoms with Gasteiger partial charge in [-0.25, -0.2) is 8.42 Å². The van der Waals surface area contributed by atoms with Crippen LogP contribution in [-0.4, -0.2) is 42.7 Å². The van der Waals surface area contributed by atoms with Gasteiger partial charge in [-0.3, -0.25) is 14.5 Å². The number of thioether (sulfide) groups is 1. The van der Waals surface area contributed by atoms with Crippen LogP contribution in [0.1, 0.15) is 25.7 Å². The average molecular weight is 426 g/mol. The number of nitrogens with zero attached hydrogens (tertiary/aromatic N) is 3. The zero-order valence-electron chi connectivity index (χ0n) is 14.4. The minimum Gasteiger partial charge on any atom is -0.325 e. The Labute approximate surface area is 165 Å². The molecule has 144 valence electrons. The third kappa shape index (κ3) is 6.01. The van der Waals surface area contributed by atoms with Crippen LogP contribution in [0.2, 0.25) is 0 Å². The van der Waals surface area contributed by atoms with Crippen molar-refractivity contribution in [1.29, 1.82) is 0 Å². The molecule has 1 aromatic carbocycles. The third-order valence-corrected chi connectivity index (χ3v) is 6.96. The number of hydrogen-bond donors (Lipinski definition) is 2. The molecule has 1 aromatic heterocycles. The van der Waals surface area contributed by atoms with Gasteiger partial charge in [0.25, 0.3) is 10.0 Å². The number of rotatable bonds is 6. The minimum absolute atomic E-state index is 0.0871. The molecule has 0 saturated carbocycles. The van der Waals surface area contributed by atoms with E-state index in [4.69, 9.17) is 0 Å². The Hall–Kier alpha value is -1.98. The highest BCUT2D eigenvalue weighted by Gasteiger charge is 2.18. The Bertz CT molecular complexity index is 913. The second kappa shape index (κ2) is 9.29. The molecular weight excluding hydrogens is 406 g/mol. The molecule has 3 rings (SSSR count). The number of nitrogens with one attached hydrogen (secondary N) is 2. The summed E-state index contributed by atoms with van der Waals surface area (Å²) < 4.78 is 28.5. The van der Waals surface area contributed by atoms with Crippen LogP contribution in [0.25, 0.3) is 0 Å². The van der Waals surface area contributed by atoms with E-state index in [9.17, 15) is 13.2 Å². The largest absolute Gasteiger partial charge is 0.325 e.